The first-order valence-corrected chi connectivity index (χ1v) is 4.15. The first-order chi connectivity index (χ1) is 6.79. The lowest BCUT2D eigenvalue weighted by molar-refractivity contribution is 0.567. The zero-order chi connectivity index (χ0) is 9.97. The van der Waals surface area contributed by atoms with E-state index in [1.54, 1.807) is 24.3 Å². The smallest absolute Gasteiger partial charge is 0.204 e. The minimum atomic E-state index is 0.308. The summed E-state index contributed by atoms with van der Waals surface area (Å²) < 4.78 is 5.26. The molecule has 0 aliphatic heterocycles. The van der Waals surface area contributed by atoms with Crippen LogP contribution < -0.4 is 5.73 Å². The Balaban J connectivity index is 2.45. The van der Waals surface area contributed by atoms with Crippen LogP contribution in [0.1, 0.15) is 5.76 Å². The van der Waals surface area contributed by atoms with Gasteiger partial charge in [0.15, 0.2) is 0 Å². The number of nitriles is 1. The van der Waals surface area contributed by atoms with Crippen LogP contribution in [-0.2, 0) is 0 Å². The van der Waals surface area contributed by atoms with Crippen molar-refractivity contribution in [1.82, 2.24) is 0 Å². The SMILES string of the molecule is N#Cc1ccc(-c2cccc(N)c2)o1. The Morgan fingerprint density at radius 1 is 1.21 bits per heavy atom. The number of anilines is 1. The average molecular weight is 184 g/mol. The molecule has 68 valence electrons. The Bertz CT molecular complexity index is 494. The van der Waals surface area contributed by atoms with Crippen LogP contribution in [0, 0.1) is 11.3 Å². The molecule has 3 heteroatoms. The van der Waals surface area contributed by atoms with Gasteiger partial charge in [0, 0.05) is 11.3 Å². The fourth-order valence-corrected chi connectivity index (χ4v) is 1.25. The van der Waals surface area contributed by atoms with Crippen molar-refractivity contribution < 1.29 is 4.42 Å². The molecule has 1 heterocycles. The van der Waals surface area contributed by atoms with E-state index in [4.69, 9.17) is 15.4 Å². The summed E-state index contributed by atoms with van der Waals surface area (Å²) in [5.41, 5.74) is 7.19. The van der Waals surface area contributed by atoms with Crippen LogP contribution in [0.2, 0.25) is 0 Å². The molecule has 0 saturated heterocycles. The van der Waals surface area contributed by atoms with Gasteiger partial charge in [-0.15, -0.1) is 0 Å². The van der Waals surface area contributed by atoms with Crippen molar-refractivity contribution in [3.8, 4) is 17.4 Å². The second kappa shape index (κ2) is 3.27. The molecule has 0 amide bonds. The summed E-state index contributed by atoms with van der Waals surface area (Å²) in [5, 5.41) is 8.58. The Morgan fingerprint density at radius 2 is 2.07 bits per heavy atom. The van der Waals surface area contributed by atoms with E-state index < -0.39 is 0 Å². The molecule has 2 aromatic rings. The van der Waals surface area contributed by atoms with Crippen LogP contribution in [0.25, 0.3) is 11.3 Å². The maximum Gasteiger partial charge on any atom is 0.204 e. The van der Waals surface area contributed by atoms with Crippen LogP contribution in [0.4, 0.5) is 5.69 Å². The Kier molecular flexibility index (Phi) is 1.96. The summed E-state index contributed by atoms with van der Waals surface area (Å²) in [6, 6.07) is 12.7. The van der Waals surface area contributed by atoms with Crippen LogP contribution >= 0.6 is 0 Å². The third-order valence-electron chi connectivity index (χ3n) is 1.89. The zero-order valence-corrected chi connectivity index (χ0v) is 7.40. The van der Waals surface area contributed by atoms with E-state index in [-0.39, 0.29) is 0 Å². The number of nitrogens with two attached hydrogens (primary N) is 1. The average Bonchev–Trinajstić information content (AvgIpc) is 2.66. The van der Waals surface area contributed by atoms with Crippen molar-refractivity contribution >= 4 is 5.69 Å². The van der Waals surface area contributed by atoms with Gasteiger partial charge in [-0.3, -0.25) is 0 Å². The lowest BCUT2D eigenvalue weighted by Crippen LogP contribution is -1.83. The second-order valence-electron chi connectivity index (χ2n) is 2.90. The number of benzene rings is 1. The molecule has 0 atom stereocenters. The van der Waals surface area contributed by atoms with Crippen molar-refractivity contribution in [1.29, 1.82) is 5.26 Å². The third-order valence-corrected chi connectivity index (χ3v) is 1.89. The van der Waals surface area contributed by atoms with Crippen molar-refractivity contribution in [3.05, 3.63) is 42.2 Å². The summed E-state index contributed by atoms with van der Waals surface area (Å²) in [7, 11) is 0. The molecule has 14 heavy (non-hydrogen) atoms. The van der Waals surface area contributed by atoms with Gasteiger partial charge in [-0.05, 0) is 24.3 Å². The molecule has 2 N–H and O–H groups in total. The van der Waals surface area contributed by atoms with Gasteiger partial charge in [0.1, 0.15) is 11.8 Å². The Hall–Kier alpha value is -2.21. The van der Waals surface area contributed by atoms with Gasteiger partial charge < -0.3 is 10.2 Å². The quantitative estimate of drug-likeness (QED) is 0.692. The number of hydrogen-bond acceptors (Lipinski definition) is 3. The van der Waals surface area contributed by atoms with Gasteiger partial charge in [0.2, 0.25) is 5.76 Å². The van der Waals surface area contributed by atoms with Gasteiger partial charge in [-0.2, -0.15) is 5.26 Å². The highest BCUT2D eigenvalue weighted by atomic mass is 16.3. The summed E-state index contributed by atoms with van der Waals surface area (Å²) in [6.45, 7) is 0. The molecule has 0 bridgehead atoms. The van der Waals surface area contributed by atoms with Crippen molar-refractivity contribution in [2.24, 2.45) is 0 Å². The number of hydrogen-bond donors (Lipinski definition) is 1. The maximum atomic E-state index is 8.58. The third kappa shape index (κ3) is 1.46. The molecule has 0 aliphatic carbocycles. The Morgan fingerprint density at radius 3 is 2.71 bits per heavy atom. The number of nitrogen functional groups attached to an aromatic ring is 1. The fraction of sp³-hybridized carbons (Fsp3) is 0. The van der Waals surface area contributed by atoms with E-state index in [2.05, 4.69) is 0 Å². The normalized spacial score (nSPS) is 9.64. The van der Waals surface area contributed by atoms with E-state index in [9.17, 15) is 0 Å². The molecule has 2 rings (SSSR count). The minimum absolute atomic E-state index is 0.308. The fourth-order valence-electron chi connectivity index (χ4n) is 1.25. The molecule has 3 nitrogen and oxygen atoms in total. The highest BCUT2D eigenvalue weighted by molar-refractivity contribution is 5.63. The van der Waals surface area contributed by atoms with E-state index in [1.807, 2.05) is 18.2 Å². The summed E-state index contributed by atoms with van der Waals surface area (Å²) in [5.74, 6) is 0.969. The summed E-state index contributed by atoms with van der Waals surface area (Å²) in [4.78, 5) is 0. The first kappa shape index (κ1) is 8.39. The van der Waals surface area contributed by atoms with Crippen LogP contribution in [0.5, 0.6) is 0 Å². The standard InChI is InChI=1S/C11H8N2O/c12-7-10-4-5-11(14-10)8-2-1-3-9(13)6-8/h1-6H,13H2. The number of furan rings is 1. The molecular weight excluding hydrogens is 176 g/mol. The highest BCUT2D eigenvalue weighted by Crippen LogP contribution is 2.23. The molecule has 0 aliphatic rings. The monoisotopic (exact) mass is 184 g/mol. The molecule has 0 fully saturated rings. The largest absolute Gasteiger partial charge is 0.446 e. The predicted molar refractivity (Wildman–Crippen MR) is 53.3 cm³/mol. The number of nitrogens with zero attached hydrogens (tertiary/aromatic N) is 1. The van der Waals surface area contributed by atoms with Crippen molar-refractivity contribution in [3.63, 3.8) is 0 Å². The highest BCUT2D eigenvalue weighted by Gasteiger charge is 2.03. The van der Waals surface area contributed by atoms with Crippen LogP contribution in [0.15, 0.2) is 40.8 Å². The second-order valence-corrected chi connectivity index (χ2v) is 2.90. The topological polar surface area (TPSA) is 63.0 Å². The van der Waals surface area contributed by atoms with Crippen molar-refractivity contribution in [2.45, 2.75) is 0 Å². The van der Waals surface area contributed by atoms with Gasteiger partial charge in [-0.1, -0.05) is 12.1 Å². The van der Waals surface area contributed by atoms with Gasteiger partial charge in [-0.25, -0.2) is 0 Å². The summed E-state index contributed by atoms with van der Waals surface area (Å²) >= 11 is 0. The van der Waals surface area contributed by atoms with Crippen molar-refractivity contribution in [2.75, 3.05) is 5.73 Å². The lowest BCUT2D eigenvalue weighted by atomic mass is 10.1. The molecule has 1 aromatic carbocycles. The van der Waals surface area contributed by atoms with E-state index in [0.717, 1.165) is 5.56 Å². The zero-order valence-electron chi connectivity index (χ0n) is 7.40. The Labute approximate surface area is 81.4 Å². The van der Waals surface area contributed by atoms with E-state index in [0.29, 0.717) is 17.2 Å². The molecule has 0 saturated carbocycles. The molecule has 0 unspecified atom stereocenters. The lowest BCUT2D eigenvalue weighted by Gasteiger charge is -1.97. The first-order valence-electron chi connectivity index (χ1n) is 4.15. The molecule has 1 aromatic heterocycles. The van der Waals surface area contributed by atoms with Gasteiger partial charge >= 0.3 is 0 Å². The molecule has 0 spiro atoms. The maximum absolute atomic E-state index is 8.58. The van der Waals surface area contributed by atoms with Crippen LogP contribution in [-0.4, -0.2) is 0 Å². The van der Waals surface area contributed by atoms with Crippen LogP contribution in [0.3, 0.4) is 0 Å². The molecule has 0 radical (unpaired) electrons. The van der Waals surface area contributed by atoms with Gasteiger partial charge in [0.05, 0.1) is 0 Å². The minimum Gasteiger partial charge on any atom is -0.446 e. The van der Waals surface area contributed by atoms with Gasteiger partial charge in [0.25, 0.3) is 0 Å². The summed E-state index contributed by atoms with van der Waals surface area (Å²) in [6.07, 6.45) is 0. The van der Waals surface area contributed by atoms with E-state index >= 15 is 0 Å². The predicted octanol–water partition coefficient (Wildman–Crippen LogP) is 2.40. The molecular formula is C11H8N2O. The van der Waals surface area contributed by atoms with E-state index in [1.165, 1.54) is 0 Å². The number of rotatable bonds is 1.